The lowest BCUT2D eigenvalue weighted by molar-refractivity contribution is -0.174. The summed E-state index contributed by atoms with van der Waals surface area (Å²) in [4.78, 5) is 179. The minimum Gasteiger partial charge on any atom is -0.479 e. The Morgan fingerprint density at radius 1 is 0.333 bits per heavy atom. The van der Waals surface area contributed by atoms with Gasteiger partial charge in [0, 0.05) is 46.5 Å². The number of carbonyl (C=O) groups is 12. The van der Waals surface area contributed by atoms with Gasteiger partial charge in [-0.15, -0.1) is 23.2 Å². The zero-order chi connectivity index (χ0) is 87.9. The van der Waals surface area contributed by atoms with Gasteiger partial charge in [0.2, 0.25) is 0 Å². The summed E-state index contributed by atoms with van der Waals surface area (Å²) in [6, 6.07) is 17.3. The second kappa shape index (κ2) is 56.8. The molecule has 8 amide bonds. The molecule has 646 valence electrons. The number of nitrogens with two attached hydrogens (primary N) is 1. The number of hydrogen-bond donors (Lipinski definition) is 11. The Morgan fingerprint density at radius 2 is 0.518 bits per heavy atom. The van der Waals surface area contributed by atoms with Gasteiger partial charge < -0.3 is 36.1 Å². The Kier molecular flexibility index (Phi) is 53.6. The number of ether oxygens (including phenoxy) is 2. The van der Waals surface area contributed by atoms with Gasteiger partial charge in [-0.25, -0.2) is 52.1 Å². The van der Waals surface area contributed by atoms with E-state index < -0.39 is 107 Å². The molecule has 0 unspecified atom stereocenters. The number of halogens is 2. The van der Waals surface area contributed by atoms with Crippen molar-refractivity contribution in [2.45, 2.75) is 253 Å². The van der Waals surface area contributed by atoms with E-state index in [1.54, 1.807) is 47.6 Å². The second-order valence-corrected chi connectivity index (χ2v) is 33.3. The van der Waals surface area contributed by atoms with E-state index in [1.165, 1.54) is 66.7 Å². The van der Waals surface area contributed by atoms with Gasteiger partial charge >= 0.3 is 23.9 Å². The lowest BCUT2D eigenvalue weighted by Gasteiger charge is -2.25. The van der Waals surface area contributed by atoms with Crippen molar-refractivity contribution in [3.63, 3.8) is 0 Å². The molecule has 0 radical (unpaired) electrons. The number of hydroxylamine groups is 6. The van der Waals surface area contributed by atoms with Crippen molar-refractivity contribution in [2.75, 3.05) is 25.0 Å². The maximum Gasteiger partial charge on any atom is 0.338 e. The first-order valence-corrected chi connectivity index (χ1v) is 39.3. The van der Waals surface area contributed by atoms with Crippen molar-refractivity contribution < 1.29 is 106 Å². The van der Waals surface area contributed by atoms with Crippen LogP contribution >= 0.6 is 23.2 Å². The normalized spacial score (nSPS) is 12.8. The van der Waals surface area contributed by atoms with Crippen LogP contribution in [-0.4, -0.2) is 154 Å². The average Bonchev–Trinajstić information content (AvgIpc) is 0.858. The topological polar surface area (TPSA) is 441 Å². The molecule has 0 spiro atoms. The quantitative estimate of drug-likeness (QED) is 0.0143. The van der Waals surface area contributed by atoms with Crippen LogP contribution in [0.1, 0.15) is 267 Å². The van der Waals surface area contributed by atoms with Gasteiger partial charge in [-0.3, -0.25) is 67.4 Å². The van der Waals surface area contributed by atoms with Crippen LogP contribution in [0.25, 0.3) is 0 Å². The van der Waals surface area contributed by atoms with E-state index in [-0.39, 0.29) is 111 Å². The molecule has 33 heteroatoms. The molecule has 3 aromatic rings. The highest BCUT2D eigenvalue weighted by molar-refractivity contribution is 6.40. The van der Waals surface area contributed by atoms with Crippen molar-refractivity contribution >= 4 is 94.3 Å². The second-order valence-electron chi connectivity index (χ2n) is 32.5. The number of hydrogen-bond acceptors (Lipinski definition) is 21. The van der Waals surface area contributed by atoms with Crippen LogP contribution in [0, 0.1) is 53.3 Å². The number of carboxylic acids is 2. The zero-order valence-corrected chi connectivity index (χ0v) is 72.6. The molecule has 0 aliphatic heterocycles. The van der Waals surface area contributed by atoms with Gasteiger partial charge in [0.05, 0.1) is 5.34 Å². The monoisotopic (exact) mass is 1650 g/mol. The first-order valence-electron chi connectivity index (χ1n) is 38.2. The van der Waals surface area contributed by atoms with Crippen LogP contribution in [0.15, 0.2) is 72.8 Å². The number of amides is 8. The van der Waals surface area contributed by atoms with Gasteiger partial charge in [-0.1, -0.05) is 143 Å². The highest BCUT2D eigenvalue weighted by Gasteiger charge is 2.32. The smallest absolute Gasteiger partial charge is 0.338 e. The third kappa shape index (κ3) is 51.4. The number of carbonyl (C=O) groups excluding carboxylic acids is 10. The largest absolute Gasteiger partial charge is 0.479 e. The zero-order valence-electron chi connectivity index (χ0n) is 71.1. The fourth-order valence-corrected chi connectivity index (χ4v) is 8.85. The average molecular weight is 1650 g/mol. The van der Waals surface area contributed by atoms with Crippen LogP contribution in [-0.2, 0) is 67.3 Å². The maximum absolute atomic E-state index is 12.7. The molecule has 3 aromatic carbocycles. The third-order valence-corrected chi connectivity index (χ3v) is 14.4. The molecule has 0 fully saturated rings. The highest BCUT2D eigenvalue weighted by atomic mass is 35.5. The summed E-state index contributed by atoms with van der Waals surface area (Å²) in [7, 11) is 0. The molecule has 31 nitrogen and oxygen atoms in total. The molecule has 0 saturated carbocycles. The minimum atomic E-state index is -1.21. The van der Waals surface area contributed by atoms with Crippen molar-refractivity contribution in [1.29, 1.82) is 0 Å². The van der Waals surface area contributed by atoms with E-state index in [2.05, 4.69) is 57.4 Å². The molecule has 6 atom stereocenters. The molecular formula is C81H131Cl2N9O22. The summed E-state index contributed by atoms with van der Waals surface area (Å²) in [5.74, 6) is -6.29. The third-order valence-electron chi connectivity index (χ3n) is 14.4. The van der Waals surface area contributed by atoms with E-state index in [0.717, 1.165) is 6.54 Å². The Hall–Kier alpha value is -8.40. The standard InChI is InChI=1S/C28H46N4O6.C28H44N2O8.C20H28N2O8.C4H11N.CH2Cl2/c1-17(2)12-23(27(35)29-15-19(5)6)37-31-25(33)21-10-9-11-22(14-21)26(34)32-38-24(13-18(3)4)28(36)30-16-20(7)8;1-17(2)14-21(25(33)35-27(5,6)7)37-29-23(31)19-12-11-13-20(16-19)24(32)30-38-22(15-18(3)4)26(34)36-28(8,9)10;1-11(2)8-15(19(25)26)29-21-17(23)13-6-5-7-14(10-13)18(24)22-30-16(20(27)28)9-12(3)4;1-4(2)3-5;2-1-3/h9-11,14,17-20,23-24H,12-13,15-16H2,1-8H3,(H,29,35)(H,30,36)(H,31,33)(H,32,34);11-13,16-18,21-22H,14-15H2,1-10H3,(H,29,31)(H,30,32);5-7,10-12,15-16H,8-9H2,1-4H3,(H,21,23)(H,22,24)(H,25,26)(H,27,28);4H,3,5H2,1-2H3;1H2/t23-,24-;21-,22-;15-,16-;;/m111../s1. The Labute approximate surface area is 683 Å². The number of alkyl halides is 2. The predicted octanol–water partition coefficient (Wildman–Crippen LogP) is 11.9. The lowest BCUT2D eigenvalue weighted by atomic mass is 10.1. The maximum atomic E-state index is 12.7. The number of carboxylic acid groups (broad SMARTS) is 2. The molecule has 0 aliphatic carbocycles. The van der Waals surface area contributed by atoms with E-state index in [4.69, 9.17) is 77.6 Å². The summed E-state index contributed by atoms with van der Waals surface area (Å²) in [5.41, 5.74) is 17.8. The number of aliphatic carboxylic acids is 2. The summed E-state index contributed by atoms with van der Waals surface area (Å²) in [6.45, 7) is 47.2. The van der Waals surface area contributed by atoms with Gasteiger partial charge in [0.25, 0.3) is 47.3 Å². The minimum absolute atomic E-state index is 0.0420. The predicted molar refractivity (Wildman–Crippen MR) is 433 cm³/mol. The summed E-state index contributed by atoms with van der Waals surface area (Å²) in [5, 5.41) is 24.1. The number of benzene rings is 3. The van der Waals surface area contributed by atoms with Crippen LogP contribution in [0.4, 0.5) is 0 Å². The van der Waals surface area contributed by atoms with E-state index >= 15 is 0 Å². The Balaban J connectivity index is 0. The molecule has 0 saturated heterocycles. The van der Waals surface area contributed by atoms with Crippen molar-refractivity contribution in [1.82, 2.24) is 43.5 Å². The SMILES string of the molecule is CC(C)CN.CC(C)CNC(=O)[C@@H](CC(C)C)ONC(=O)c1cccc(C(=O)NO[C@H](CC(C)C)C(=O)NCC(C)C)c1.CC(C)C[C@@H](ONC(=O)c1cccc(C(=O)NO[C@H](CC(C)C)C(=O)O)c1)C(=O)O.CC(C)C[C@@H](ONC(=O)c1cccc(C(=O)NO[C@H](CC(C)C)C(=O)OC(C)(C)C)c1)C(=O)OC(C)(C)C.ClCCl. The summed E-state index contributed by atoms with van der Waals surface area (Å²) >= 11 is 9.53. The molecule has 114 heavy (non-hydrogen) atoms. The van der Waals surface area contributed by atoms with Crippen molar-refractivity contribution in [3.05, 3.63) is 106 Å². The molecule has 0 heterocycles. The van der Waals surface area contributed by atoms with Gasteiger partial charge in [0.15, 0.2) is 36.6 Å². The van der Waals surface area contributed by atoms with Crippen LogP contribution in [0.3, 0.4) is 0 Å². The van der Waals surface area contributed by atoms with Gasteiger partial charge in [-0.05, 0) is 194 Å². The summed E-state index contributed by atoms with van der Waals surface area (Å²) in [6.07, 6.45) is -4.17. The number of rotatable bonds is 41. The fourth-order valence-electron chi connectivity index (χ4n) is 8.85. The molecular weight excluding hydrogens is 1520 g/mol. The first-order chi connectivity index (χ1) is 52.9. The first kappa shape index (κ1) is 108. The molecule has 0 bridgehead atoms. The fraction of sp³-hybridized carbons (Fsp3) is 0.630. The molecule has 3 rings (SSSR count). The number of nitrogens with one attached hydrogen (secondary N) is 8. The van der Waals surface area contributed by atoms with Crippen LogP contribution in [0.2, 0.25) is 0 Å². The summed E-state index contributed by atoms with van der Waals surface area (Å²) < 4.78 is 10.8. The highest BCUT2D eigenvalue weighted by Crippen LogP contribution is 2.20. The number of esters is 2. The lowest BCUT2D eigenvalue weighted by Crippen LogP contribution is -2.43. The molecule has 12 N–H and O–H groups in total. The van der Waals surface area contributed by atoms with Gasteiger partial charge in [0.1, 0.15) is 11.2 Å². The van der Waals surface area contributed by atoms with E-state index in [0.29, 0.717) is 44.7 Å². The van der Waals surface area contributed by atoms with Crippen molar-refractivity contribution in [3.8, 4) is 0 Å². The van der Waals surface area contributed by atoms with Crippen LogP contribution < -0.4 is 49.2 Å². The Morgan fingerprint density at radius 3 is 0.693 bits per heavy atom. The van der Waals surface area contributed by atoms with Gasteiger partial charge in [-0.2, -0.15) is 0 Å². The molecule has 0 aliphatic rings. The van der Waals surface area contributed by atoms with E-state index in [9.17, 15) is 57.5 Å². The Bertz CT molecular complexity index is 3230. The van der Waals surface area contributed by atoms with Crippen molar-refractivity contribution in [2.24, 2.45) is 59.0 Å². The molecule has 0 aromatic heterocycles. The van der Waals surface area contributed by atoms with Crippen LogP contribution in [0.5, 0.6) is 0 Å². The van der Waals surface area contributed by atoms with E-state index in [1.807, 2.05) is 111 Å².